The molecule has 0 aromatic carbocycles. The first-order chi connectivity index (χ1) is 7.10. The number of pyridine rings is 1. The summed E-state index contributed by atoms with van der Waals surface area (Å²) in [6, 6.07) is 1.61. The summed E-state index contributed by atoms with van der Waals surface area (Å²) < 4.78 is 0. The maximum absolute atomic E-state index is 9.72. The van der Waals surface area contributed by atoms with Crippen LogP contribution in [-0.2, 0) is 0 Å². The molecule has 0 bridgehead atoms. The fraction of sp³-hybridized carbons (Fsp3) is 0.364. The Balaban J connectivity index is 3.35. The first-order valence-electron chi connectivity index (χ1n) is 4.73. The topological polar surface area (TPSA) is 57.8 Å². The second kappa shape index (κ2) is 4.68. The molecule has 0 saturated carbocycles. The average Bonchev–Trinajstić information content (AvgIpc) is 2.18. The van der Waals surface area contributed by atoms with Crippen LogP contribution in [0.4, 0.5) is 5.82 Å². The van der Waals surface area contributed by atoms with Crippen molar-refractivity contribution < 1.29 is 5.11 Å². The summed E-state index contributed by atoms with van der Waals surface area (Å²) in [5.74, 6) is 0.826. The lowest BCUT2D eigenvalue weighted by Crippen LogP contribution is -1.96. The summed E-state index contributed by atoms with van der Waals surface area (Å²) in [6.07, 6.45) is 1.60. The lowest BCUT2D eigenvalue weighted by atomic mass is 10.1. The predicted octanol–water partition coefficient (Wildman–Crippen LogP) is 2.29. The van der Waals surface area contributed by atoms with E-state index in [1.54, 1.807) is 19.3 Å². The van der Waals surface area contributed by atoms with Crippen molar-refractivity contribution in [1.29, 1.82) is 0 Å². The van der Waals surface area contributed by atoms with E-state index in [9.17, 15) is 5.11 Å². The molecule has 15 heavy (non-hydrogen) atoms. The minimum Gasteiger partial charge on any atom is -0.506 e. The number of rotatable bonds is 3. The number of nitrogens with zero attached hydrogens (tertiary/aromatic N) is 3. The largest absolute Gasteiger partial charge is 0.506 e. The molecular formula is C11H15N3O. The van der Waals surface area contributed by atoms with Gasteiger partial charge < -0.3 is 5.11 Å². The molecule has 0 aliphatic carbocycles. The number of aliphatic imine (C=N–C) groups is 2. The van der Waals surface area contributed by atoms with Crippen molar-refractivity contribution in [3.05, 3.63) is 17.3 Å². The van der Waals surface area contributed by atoms with Crippen LogP contribution in [0.5, 0.6) is 5.75 Å². The molecule has 4 heteroatoms. The Kier molecular flexibility index (Phi) is 3.55. The van der Waals surface area contributed by atoms with E-state index in [2.05, 4.69) is 21.7 Å². The van der Waals surface area contributed by atoms with Gasteiger partial charge in [0.25, 0.3) is 0 Å². The van der Waals surface area contributed by atoms with Crippen LogP contribution >= 0.6 is 0 Å². The normalized spacial score (nSPS) is 11.2. The fourth-order valence-electron chi connectivity index (χ4n) is 1.31. The van der Waals surface area contributed by atoms with Crippen LogP contribution in [0.1, 0.15) is 31.0 Å². The molecule has 0 amide bonds. The molecule has 0 aliphatic heterocycles. The van der Waals surface area contributed by atoms with E-state index in [1.165, 1.54) is 0 Å². The molecule has 0 saturated heterocycles. The lowest BCUT2D eigenvalue weighted by Gasteiger charge is -2.09. The maximum atomic E-state index is 9.72. The zero-order valence-corrected chi connectivity index (χ0v) is 9.23. The standard InChI is InChI=1S/C11H15N3O/c1-7(2)10-9(15)5-8(6-12-3)11(13-4)14-10/h5-7,15H,4H2,1-3H3. The van der Waals surface area contributed by atoms with Gasteiger partial charge in [-0.3, -0.25) is 4.99 Å². The molecule has 0 aliphatic rings. The quantitative estimate of drug-likeness (QED) is 0.769. The third-order valence-electron chi connectivity index (χ3n) is 2.00. The summed E-state index contributed by atoms with van der Waals surface area (Å²) in [5.41, 5.74) is 1.31. The first kappa shape index (κ1) is 11.4. The Morgan fingerprint density at radius 2 is 2.20 bits per heavy atom. The SMILES string of the molecule is C=Nc1nc(C(C)C)c(O)cc1C=NC. The molecule has 0 atom stereocenters. The van der Waals surface area contributed by atoms with E-state index in [-0.39, 0.29) is 11.7 Å². The molecule has 0 fully saturated rings. The number of hydrogen-bond donors (Lipinski definition) is 1. The van der Waals surface area contributed by atoms with E-state index in [1.807, 2.05) is 13.8 Å². The summed E-state index contributed by atoms with van der Waals surface area (Å²) in [7, 11) is 1.65. The number of aromatic nitrogens is 1. The summed E-state index contributed by atoms with van der Waals surface area (Å²) in [4.78, 5) is 11.9. The number of hydrogen-bond acceptors (Lipinski definition) is 4. The molecule has 1 aromatic rings. The van der Waals surface area contributed by atoms with E-state index >= 15 is 0 Å². The highest BCUT2D eigenvalue weighted by Gasteiger charge is 2.11. The highest BCUT2D eigenvalue weighted by molar-refractivity contribution is 5.86. The van der Waals surface area contributed by atoms with Crippen molar-refractivity contribution in [3.63, 3.8) is 0 Å². The summed E-state index contributed by atoms with van der Waals surface area (Å²) in [6.45, 7) is 7.37. The van der Waals surface area contributed by atoms with Gasteiger partial charge in [-0.25, -0.2) is 9.98 Å². The molecular weight excluding hydrogens is 190 g/mol. The zero-order chi connectivity index (χ0) is 11.4. The van der Waals surface area contributed by atoms with E-state index < -0.39 is 0 Å². The van der Waals surface area contributed by atoms with Gasteiger partial charge in [0.1, 0.15) is 5.75 Å². The van der Waals surface area contributed by atoms with Crippen molar-refractivity contribution in [2.75, 3.05) is 7.05 Å². The molecule has 0 unspecified atom stereocenters. The predicted molar refractivity (Wildman–Crippen MR) is 62.7 cm³/mol. The highest BCUT2D eigenvalue weighted by atomic mass is 16.3. The molecule has 80 valence electrons. The third kappa shape index (κ3) is 2.40. The van der Waals surface area contributed by atoms with Gasteiger partial charge in [-0.15, -0.1) is 0 Å². The average molecular weight is 205 g/mol. The van der Waals surface area contributed by atoms with Gasteiger partial charge in [0, 0.05) is 18.8 Å². The van der Waals surface area contributed by atoms with Crippen LogP contribution in [0.3, 0.4) is 0 Å². The summed E-state index contributed by atoms with van der Waals surface area (Å²) in [5, 5.41) is 9.72. The van der Waals surface area contributed by atoms with Gasteiger partial charge in [-0.1, -0.05) is 13.8 Å². The van der Waals surface area contributed by atoms with Crippen molar-refractivity contribution in [1.82, 2.24) is 4.98 Å². The fourth-order valence-corrected chi connectivity index (χ4v) is 1.31. The Hall–Kier alpha value is -1.71. The van der Waals surface area contributed by atoms with Crippen LogP contribution in [-0.4, -0.2) is 30.1 Å². The van der Waals surface area contributed by atoms with Gasteiger partial charge in [-0.2, -0.15) is 0 Å². The molecule has 4 nitrogen and oxygen atoms in total. The van der Waals surface area contributed by atoms with Crippen molar-refractivity contribution in [3.8, 4) is 5.75 Å². The van der Waals surface area contributed by atoms with Gasteiger partial charge in [0.2, 0.25) is 0 Å². The van der Waals surface area contributed by atoms with Crippen molar-refractivity contribution in [2.24, 2.45) is 9.98 Å². The van der Waals surface area contributed by atoms with Crippen LogP contribution in [0.15, 0.2) is 16.1 Å². The molecule has 0 radical (unpaired) electrons. The van der Waals surface area contributed by atoms with Crippen molar-refractivity contribution in [2.45, 2.75) is 19.8 Å². The third-order valence-corrected chi connectivity index (χ3v) is 2.00. The Morgan fingerprint density at radius 3 is 2.67 bits per heavy atom. The van der Waals surface area contributed by atoms with Crippen LogP contribution in [0, 0.1) is 0 Å². The number of aromatic hydroxyl groups is 1. The maximum Gasteiger partial charge on any atom is 0.160 e. The van der Waals surface area contributed by atoms with Crippen LogP contribution in [0.2, 0.25) is 0 Å². The Bertz CT molecular complexity index is 397. The Morgan fingerprint density at radius 1 is 1.53 bits per heavy atom. The zero-order valence-electron chi connectivity index (χ0n) is 9.23. The van der Waals surface area contributed by atoms with E-state index in [0.29, 0.717) is 17.1 Å². The second-order valence-electron chi connectivity index (χ2n) is 3.51. The Labute approximate surface area is 89.4 Å². The van der Waals surface area contributed by atoms with Gasteiger partial charge in [0.05, 0.1) is 5.69 Å². The minimum absolute atomic E-state index is 0.151. The van der Waals surface area contributed by atoms with Gasteiger partial charge in [-0.05, 0) is 18.7 Å². The van der Waals surface area contributed by atoms with Crippen molar-refractivity contribution >= 4 is 18.7 Å². The molecule has 1 aromatic heterocycles. The summed E-state index contributed by atoms with van der Waals surface area (Å²) >= 11 is 0. The van der Waals surface area contributed by atoms with E-state index in [0.717, 1.165) is 0 Å². The first-order valence-corrected chi connectivity index (χ1v) is 4.73. The van der Waals surface area contributed by atoms with E-state index in [4.69, 9.17) is 0 Å². The monoisotopic (exact) mass is 205 g/mol. The minimum atomic E-state index is 0.151. The molecule has 1 rings (SSSR count). The smallest absolute Gasteiger partial charge is 0.160 e. The molecule has 0 spiro atoms. The second-order valence-corrected chi connectivity index (χ2v) is 3.51. The van der Waals surface area contributed by atoms with Crippen LogP contribution < -0.4 is 0 Å². The lowest BCUT2D eigenvalue weighted by molar-refractivity contribution is 0.460. The van der Waals surface area contributed by atoms with Gasteiger partial charge >= 0.3 is 0 Å². The molecule has 1 N–H and O–H groups in total. The highest BCUT2D eigenvalue weighted by Crippen LogP contribution is 2.28. The van der Waals surface area contributed by atoms with Crippen LogP contribution in [0.25, 0.3) is 0 Å². The molecule has 1 heterocycles. The van der Waals surface area contributed by atoms with Gasteiger partial charge in [0.15, 0.2) is 5.82 Å².